The van der Waals surface area contributed by atoms with Crippen LogP contribution < -0.4 is 10.2 Å². The van der Waals surface area contributed by atoms with Crippen molar-refractivity contribution in [2.75, 3.05) is 36.4 Å². The van der Waals surface area contributed by atoms with Gasteiger partial charge in [-0.25, -0.2) is 0 Å². The molecular weight excluding hydrogens is 372 g/mol. The summed E-state index contributed by atoms with van der Waals surface area (Å²) in [5, 5.41) is 5.88. The Labute approximate surface area is 161 Å². The van der Waals surface area contributed by atoms with Gasteiger partial charge in [-0.2, -0.15) is 4.37 Å². The van der Waals surface area contributed by atoms with Crippen LogP contribution in [0.3, 0.4) is 0 Å². The Balaban J connectivity index is 1.41. The second kappa shape index (κ2) is 7.15. The summed E-state index contributed by atoms with van der Waals surface area (Å²) in [5.41, 5.74) is 0.849. The van der Waals surface area contributed by atoms with Crippen molar-refractivity contribution in [1.82, 2.24) is 9.27 Å². The fourth-order valence-corrected chi connectivity index (χ4v) is 4.25. The lowest BCUT2D eigenvalue weighted by Crippen LogP contribution is -2.50. The fourth-order valence-electron chi connectivity index (χ4n) is 2.98. The summed E-state index contributed by atoms with van der Waals surface area (Å²) in [6.07, 6.45) is 0. The molecule has 0 saturated carbocycles. The Morgan fingerprint density at radius 1 is 1.04 bits per heavy atom. The van der Waals surface area contributed by atoms with Gasteiger partial charge < -0.3 is 15.1 Å². The highest BCUT2D eigenvalue weighted by Crippen LogP contribution is 2.30. The van der Waals surface area contributed by atoms with E-state index in [0.29, 0.717) is 5.02 Å². The standard InChI is InChI=1S/C18H17ClN4S2/c19-14-6-2-3-7-15(14)20-18(24)23-11-9-22(10-12-23)17-13-5-1-4-8-16(13)25-21-17/h1-8H,9-12H2,(H,20,24). The number of nitrogens with zero attached hydrogens (tertiary/aromatic N) is 3. The van der Waals surface area contributed by atoms with Crippen molar-refractivity contribution in [2.24, 2.45) is 0 Å². The molecule has 1 aliphatic heterocycles. The number of aromatic nitrogens is 1. The Kier molecular flexibility index (Phi) is 4.74. The van der Waals surface area contributed by atoms with E-state index in [1.54, 1.807) is 11.5 Å². The highest BCUT2D eigenvalue weighted by atomic mass is 35.5. The van der Waals surface area contributed by atoms with Gasteiger partial charge in [0.15, 0.2) is 5.11 Å². The summed E-state index contributed by atoms with van der Waals surface area (Å²) in [6.45, 7) is 3.53. The number of piperazine rings is 1. The fraction of sp³-hybridized carbons (Fsp3) is 0.222. The number of hydrogen-bond donors (Lipinski definition) is 1. The van der Waals surface area contributed by atoms with E-state index >= 15 is 0 Å². The summed E-state index contributed by atoms with van der Waals surface area (Å²) in [7, 11) is 0. The SMILES string of the molecule is S=C(Nc1ccccc1Cl)N1CCN(c2nsc3ccccc23)CC1. The number of benzene rings is 2. The molecule has 0 aliphatic carbocycles. The topological polar surface area (TPSA) is 31.4 Å². The maximum atomic E-state index is 6.20. The second-order valence-corrected chi connectivity index (χ2v) is 7.49. The number of rotatable bonds is 2. The molecule has 7 heteroatoms. The number of fused-ring (bicyclic) bond motifs is 1. The molecule has 25 heavy (non-hydrogen) atoms. The highest BCUT2D eigenvalue weighted by Gasteiger charge is 2.22. The molecule has 2 aromatic carbocycles. The number of anilines is 2. The van der Waals surface area contributed by atoms with Crippen LogP contribution >= 0.6 is 35.4 Å². The van der Waals surface area contributed by atoms with Gasteiger partial charge in [0.05, 0.1) is 15.4 Å². The lowest BCUT2D eigenvalue weighted by atomic mass is 10.2. The third-order valence-electron chi connectivity index (χ3n) is 4.34. The minimum Gasteiger partial charge on any atom is -0.352 e. The lowest BCUT2D eigenvalue weighted by molar-refractivity contribution is 0.390. The maximum Gasteiger partial charge on any atom is 0.173 e. The molecule has 0 amide bonds. The summed E-state index contributed by atoms with van der Waals surface area (Å²) >= 11 is 13.3. The van der Waals surface area contributed by atoms with Gasteiger partial charge in [-0.3, -0.25) is 0 Å². The Morgan fingerprint density at radius 2 is 1.76 bits per heavy atom. The monoisotopic (exact) mass is 388 g/mol. The molecule has 2 heterocycles. The molecule has 1 fully saturated rings. The molecule has 1 saturated heterocycles. The predicted molar refractivity (Wildman–Crippen MR) is 111 cm³/mol. The largest absolute Gasteiger partial charge is 0.352 e. The number of thiocarbonyl (C=S) groups is 1. The molecule has 4 nitrogen and oxygen atoms in total. The average Bonchev–Trinajstić information content (AvgIpc) is 3.08. The summed E-state index contributed by atoms with van der Waals surface area (Å²) in [4.78, 5) is 4.52. The third kappa shape index (κ3) is 3.42. The molecule has 0 atom stereocenters. The summed E-state index contributed by atoms with van der Waals surface area (Å²) in [6, 6.07) is 16.0. The second-order valence-electron chi connectivity index (χ2n) is 5.89. The Hall–Kier alpha value is -1.89. The Bertz CT molecular complexity index is 903. The zero-order chi connectivity index (χ0) is 17.2. The summed E-state index contributed by atoms with van der Waals surface area (Å²) < 4.78 is 5.88. The minimum absolute atomic E-state index is 0.678. The van der Waals surface area contributed by atoms with Crippen molar-refractivity contribution in [3.05, 3.63) is 53.6 Å². The zero-order valence-electron chi connectivity index (χ0n) is 13.5. The van der Waals surface area contributed by atoms with Crippen molar-refractivity contribution in [3.8, 4) is 0 Å². The number of nitrogens with one attached hydrogen (secondary N) is 1. The normalized spacial score (nSPS) is 14.8. The van der Waals surface area contributed by atoms with Gasteiger partial charge in [0.25, 0.3) is 0 Å². The first kappa shape index (κ1) is 16.6. The van der Waals surface area contributed by atoms with E-state index < -0.39 is 0 Å². The molecule has 1 N–H and O–H groups in total. The Morgan fingerprint density at radius 3 is 2.56 bits per heavy atom. The molecule has 0 bridgehead atoms. The number of para-hydroxylation sites is 1. The third-order valence-corrected chi connectivity index (χ3v) is 5.85. The van der Waals surface area contributed by atoms with Gasteiger partial charge in [0, 0.05) is 31.6 Å². The smallest absolute Gasteiger partial charge is 0.173 e. The molecular formula is C18H17ClN4S2. The van der Waals surface area contributed by atoms with E-state index in [4.69, 9.17) is 23.8 Å². The van der Waals surface area contributed by atoms with Crippen LogP contribution in [0.1, 0.15) is 0 Å². The first-order chi connectivity index (χ1) is 12.2. The molecule has 1 aliphatic rings. The van der Waals surface area contributed by atoms with Crippen LogP contribution in [-0.4, -0.2) is 40.6 Å². The molecule has 0 unspecified atom stereocenters. The van der Waals surface area contributed by atoms with E-state index in [0.717, 1.165) is 42.8 Å². The average molecular weight is 389 g/mol. The van der Waals surface area contributed by atoms with E-state index in [1.165, 1.54) is 10.1 Å². The van der Waals surface area contributed by atoms with Gasteiger partial charge in [0.2, 0.25) is 0 Å². The molecule has 0 radical (unpaired) electrons. The van der Waals surface area contributed by atoms with Crippen molar-refractivity contribution in [2.45, 2.75) is 0 Å². The lowest BCUT2D eigenvalue weighted by Gasteiger charge is -2.36. The van der Waals surface area contributed by atoms with E-state index in [2.05, 4.69) is 43.8 Å². The highest BCUT2D eigenvalue weighted by molar-refractivity contribution is 7.80. The van der Waals surface area contributed by atoms with E-state index in [1.807, 2.05) is 24.3 Å². The van der Waals surface area contributed by atoms with Crippen molar-refractivity contribution >= 4 is 62.1 Å². The van der Waals surface area contributed by atoms with Crippen LogP contribution in [0.2, 0.25) is 5.02 Å². The quantitative estimate of drug-likeness (QED) is 0.654. The predicted octanol–water partition coefficient (Wildman–Crippen LogP) is 4.47. The van der Waals surface area contributed by atoms with E-state index in [9.17, 15) is 0 Å². The van der Waals surface area contributed by atoms with Gasteiger partial charge >= 0.3 is 0 Å². The van der Waals surface area contributed by atoms with Crippen LogP contribution in [0.25, 0.3) is 10.1 Å². The van der Waals surface area contributed by atoms with Gasteiger partial charge in [-0.1, -0.05) is 35.9 Å². The maximum absolute atomic E-state index is 6.20. The number of hydrogen-bond acceptors (Lipinski definition) is 4. The molecule has 0 spiro atoms. The minimum atomic E-state index is 0.678. The molecule has 1 aromatic heterocycles. The molecule has 3 aromatic rings. The van der Waals surface area contributed by atoms with Crippen LogP contribution in [-0.2, 0) is 0 Å². The van der Waals surface area contributed by atoms with Crippen molar-refractivity contribution < 1.29 is 0 Å². The van der Waals surface area contributed by atoms with Gasteiger partial charge in [-0.15, -0.1) is 0 Å². The van der Waals surface area contributed by atoms with Crippen LogP contribution in [0.15, 0.2) is 48.5 Å². The van der Waals surface area contributed by atoms with E-state index in [-0.39, 0.29) is 0 Å². The molecule has 4 rings (SSSR count). The first-order valence-electron chi connectivity index (χ1n) is 8.12. The van der Waals surface area contributed by atoms with Gasteiger partial charge in [0.1, 0.15) is 5.82 Å². The van der Waals surface area contributed by atoms with Crippen LogP contribution in [0.4, 0.5) is 11.5 Å². The first-order valence-corrected chi connectivity index (χ1v) is 9.68. The van der Waals surface area contributed by atoms with Gasteiger partial charge in [-0.05, 0) is 48.0 Å². The molecule has 128 valence electrons. The zero-order valence-corrected chi connectivity index (χ0v) is 15.9. The van der Waals surface area contributed by atoms with Crippen LogP contribution in [0, 0.1) is 0 Å². The van der Waals surface area contributed by atoms with Crippen molar-refractivity contribution in [3.63, 3.8) is 0 Å². The number of halogens is 1. The van der Waals surface area contributed by atoms with Crippen molar-refractivity contribution in [1.29, 1.82) is 0 Å². The van der Waals surface area contributed by atoms with Crippen LogP contribution in [0.5, 0.6) is 0 Å². The summed E-state index contributed by atoms with van der Waals surface area (Å²) in [5.74, 6) is 1.09.